The first-order chi connectivity index (χ1) is 8.65. The molecule has 1 aliphatic rings. The Bertz CT molecular complexity index is 433. The van der Waals surface area contributed by atoms with Crippen LogP contribution in [0, 0.1) is 5.41 Å². The first-order valence-electron chi connectivity index (χ1n) is 6.04. The second-order valence-electron chi connectivity index (χ2n) is 4.78. The van der Waals surface area contributed by atoms with Crippen molar-refractivity contribution in [3.63, 3.8) is 0 Å². The quantitative estimate of drug-likeness (QED) is 0.861. The molecule has 1 aromatic heterocycles. The number of carbonyl (C=O) groups excluding carboxylic acids is 1. The molecule has 5 heteroatoms. The van der Waals surface area contributed by atoms with E-state index in [9.17, 15) is 4.79 Å². The Morgan fingerprint density at radius 2 is 2.39 bits per heavy atom. The van der Waals surface area contributed by atoms with E-state index in [0.717, 1.165) is 25.9 Å². The van der Waals surface area contributed by atoms with Gasteiger partial charge in [0, 0.05) is 31.5 Å². The zero-order valence-corrected chi connectivity index (χ0v) is 11.2. The SMILES string of the molecule is COCCC1(CNC(=O)c2cc(Cl)ccn2)CC1. The number of carbonyl (C=O) groups is 1. The van der Waals surface area contributed by atoms with Crippen molar-refractivity contribution in [2.45, 2.75) is 19.3 Å². The highest BCUT2D eigenvalue weighted by Gasteiger charge is 2.42. The van der Waals surface area contributed by atoms with E-state index >= 15 is 0 Å². The second kappa shape index (κ2) is 5.67. The van der Waals surface area contributed by atoms with Crippen molar-refractivity contribution in [1.82, 2.24) is 10.3 Å². The summed E-state index contributed by atoms with van der Waals surface area (Å²) in [5, 5.41) is 3.45. The molecule has 1 saturated carbocycles. The van der Waals surface area contributed by atoms with Gasteiger partial charge in [-0.15, -0.1) is 0 Å². The summed E-state index contributed by atoms with van der Waals surface area (Å²) in [6, 6.07) is 3.23. The Morgan fingerprint density at radius 3 is 3.00 bits per heavy atom. The molecule has 98 valence electrons. The van der Waals surface area contributed by atoms with E-state index in [2.05, 4.69) is 10.3 Å². The number of nitrogens with zero attached hydrogens (tertiary/aromatic N) is 1. The Labute approximate surface area is 112 Å². The molecule has 0 spiro atoms. The Kier molecular flexibility index (Phi) is 4.19. The minimum atomic E-state index is -0.166. The van der Waals surface area contributed by atoms with Gasteiger partial charge in [0.1, 0.15) is 5.69 Å². The number of hydrogen-bond acceptors (Lipinski definition) is 3. The van der Waals surface area contributed by atoms with Gasteiger partial charge in [-0.2, -0.15) is 0 Å². The Hall–Kier alpha value is -1.13. The highest BCUT2D eigenvalue weighted by molar-refractivity contribution is 6.30. The summed E-state index contributed by atoms with van der Waals surface area (Å²) in [5.41, 5.74) is 0.606. The predicted molar refractivity (Wildman–Crippen MR) is 69.7 cm³/mol. The predicted octanol–water partition coefficient (Wildman–Crippen LogP) is 2.28. The molecule has 1 aromatic rings. The van der Waals surface area contributed by atoms with E-state index in [0.29, 0.717) is 17.3 Å². The van der Waals surface area contributed by atoms with Crippen LogP contribution in [0.1, 0.15) is 29.8 Å². The molecular formula is C13H17ClN2O2. The molecule has 1 aliphatic carbocycles. The zero-order chi connectivity index (χ0) is 13.0. The molecule has 0 atom stereocenters. The minimum absolute atomic E-state index is 0.166. The van der Waals surface area contributed by atoms with Gasteiger partial charge in [-0.3, -0.25) is 9.78 Å². The van der Waals surface area contributed by atoms with E-state index in [1.165, 1.54) is 6.20 Å². The van der Waals surface area contributed by atoms with Crippen LogP contribution in [-0.4, -0.2) is 31.2 Å². The molecule has 1 fully saturated rings. The maximum Gasteiger partial charge on any atom is 0.269 e. The normalized spacial score (nSPS) is 16.3. The van der Waals surface area contributed by atoms with Crippen molar-refractivity contribution in [2.24, 2.45) is 5.41 Å². The number of pyridine rings is 1. The first kappa shape index (κ1) is 13.3. The smallest absolute Gasteiger partial charge is 0.269 e. The van der Waals surface area contributed by atoms with Crippen LogP contribution in [0.2, 0.25) is 5.02 Å². The molecule has 1 N–H and O–H groups in total. The summed E-state index contributed by atoms with van der Waals surface area (Å²) < 4.78 is 5.08. The van der Waals surface area contributed by atoms with Gasteiger partial charge in [-0.05, 0) is 36.8 Å². The van der Waals surface area contributed by atoms with Crippen molar-refractivity contribution >= 4 is 17.5 Å². The zero-order valence-electron chi connectivity index (χ0n) is 10.4. The molecule has 18 heavy (non-hydrogen) atoms. The molecule has 2 rings (SSSR count). The highest BCUT2D eigenvalue weighted by atomic mass is 35.5. The monoisotopic (exact) mass is 268 g/mol. The lowest BCUT2D eigenvalue weighted by Gasteiger charge is -2.15. The third-order valence-corrected chi connectivity index (χ3v) is 3.61. The number of methoxy groups -OCH3 is 1. The lowest BCUT2D eigenvalue weighted by atomic mass is 10.0. The third kappa shape index (κ3) is 3.43. The van der Waals surface area contributed by atoms with E-state index in [1.54, 1.807) is 19.2 Å². The third-order valence-electron chi connectivity index (χ3n) is 3.37. The van der Waals surface area contributed by atoms with Gasteiger partial charge in [0.05, 0.1) is 0 Å². The lowest BCUT2D eigenvalue weighted by molar-refractivity contribution is 0.0933. The summed E-state index contributed by atoms with van der Waals surface area (Å²) in [4.78, 5) is 15.9. The van der Waals surface area contributed by atoms with Crippen LogP contribution >= 0.6 is 11.6 Å². The fourth-order valence-corrected chi connectivity index (χ4v) is 2.06. The van der Waals surface area contributed by atoms with Gasteiger partial charge in [-0.1, -0.05) is 11.6 Å². The van der Waals surface area contributed by atoms with Crippen LogP contribution in [0.4, 0.5) is 0 Å². The first-order valence-corrected chi connectivity index (χ1v) is 6.42. The van der Waals surface area contributed by atoms with Crippen LogP contribution in [0.15, 0.2) is 18.3 Å². The summed E-state index contributed by atoms with van der Waals surface area (Å²) in [7, 11) is 1.70. The molecule has 1 heterocycles. The molecule has 0 saturated heterocycles. The van der Waals surface area contributed by atoms with Crippen molar-refractivity contribution in [3.8, 4) is 0 Å². The molecular weight excluding hydrogens is 252 g/mol. The van der Waals surface area contributed by atoms with Crippen LogP contribution in [-0.2, 0) is 4.74 Å². The standard InChI is InChI=1S/C13H17ClN2O2/c1-18-7-5-13(3-4-13)9-16-12(17)11-8-10(14)2-6-15-11/h2,6,8H,3-5,7,9H2,1H3,(H,16,17). The van der Waals surface area contributed by atoms with Crippen LogP contribution in [0.3, 0.4) is 0 Å². The van der Waals surface area contributed by atoms with Crippen molar-refractivity contribution < 1.29 is 9.53 Å². The summed E-state index contributed by atoms with van der Waals surface area (Å²) in [6.07, 6.45) is 4.83. The average molecular weight is 269 g/mol. The van der Waals surface area contributed by atoms with Crippen LogP contribution in [0.5, 0.6) is 0 Å². The van der Waals surface area contributed by atoms with E-state index < -0.39 is 0 Å². The summed E-state index contributed by atoms with van der Waals surface area (Å²) in [6.45, 7) is 1.43. The van der Waals surface area contributed by atoms with Gasteiger partial charge < -0.3 is 10.1 Å². The maximum absolute atomic E-state index is 11.9. The minimum Gasteiger partial charge on any atom is -0.385 e. The number of nitrogens with one attached hydrogen (secondary N) is 1. The van der Waals surface area contributed by atoms with E-state index in [1.807, 2.05) is 0 Å². The van der Waals surface area contributed by atoms with Crippen molar-refractivity contribution in [3.05, 3.63) is 29.0 Å². The van der Waals surface area contributed by atoms with Gasteiger partial charge in [-0.25, -0.2) is 0 Å². The molecule has 0 aliphatic heterocycles. The maximum atomic E-state index is 11.9. The van der Waals surface area contributed by atoms with Crippen molar-refractivity contribution in [2.75, 3.05) is 20.3 Å². The fourth-order valence-electron chi connectivity index (χ4n) is 1.90. The van der Waals surface area contributed by atoms with Crippen LogP contribution < -0.4 is 5.32 Å². The highest BCUT2D eigenvalue weighted by Crippen LogP contribution is 2.48. The molecule has 0 bridgehead atoms. The number of aromatic nitrogens is 1. The van der Waals surface area contributed by atoms with Gasteiger partial charge in [0.25, 0.3) is 5.91 Å². The van der Waals surface area contributed by atoms with Gasteiger partial charge in [0.2, 0.25) is 0 Å². The van der Waals surface area contributed by atoms with E-state index in [4.69, 9.17) is 16.3 Å². The molecule has 0 aromatic carbocycles. The average Bonchev–Trinajstić information content (AvgIpc) is 3.14. The van der Waals surface area contributed by atoms with Gasteiger partial charge >= 0.3 is 0 Å². The molecule has 0 radical (unpaired) electrons. The van der Waals surface area contributed by atoms with Crippen molar-refractivity contribution in [1.29, 1.82) is 0 Å². The summed E-state index contributed by atoms with van der Waals surface area (Å²) >= 11 is 5.82. The van der Waals surface area contributed by atoms with Gasteiger partial charge in [0.15, 0.2) is 0 Å². The Balaban J connectivity index is 1.85. The second-order valence-corrected chi connectivity index (χ2v) is 5.22. The molecule has 4 nitrogen and oxygen atoms in total. The number of hydrogen-bond donors (Lipinski definition) is 1. The van der Waals surface area contributed by atoms with E-state index in [-0.39, 0.29) is 11.3 Å². The lowest BCUT2D eigenvalue weighted by Crippen LogP contribution is -2.31. The number of amides is 1. The number of ether oxygens (including phenoxy) is 1. The topological polar surface area (TPSA) is 51.2 Å². The fraction of sp³-hybridized carbons (Fsp3) is 0.538. The molecule has 0 unspecified atom stereocenters. The Morgan fingerprint density at radius 1 is 1.61 bits per heavy atom. The molecule has 1 amide bonds. The number of rotatable bonds is 6. The summed E-state index contributed by atoms with van der Waals surface area (Å²) in [5.74, 6) is -0.166. The number of halogens is 1. The van der Waals surface area contributed by atoms with Crippen LogP contribution in [0.25, 0.3) is 0 Å². The largest absolute Gasteiger partial charge is 0.385 e.